The molecular formula is C66H89N5O11S2. The number of hydrogen-bond acceptors (Lipinski definition) is 18. The molecule has 11 rings (SSSR count). The minimum atomic E-state index is -1.28. The molecule has 18 heteroatoms. The number of hydrogen-bond donors (Lipinski definition) is 10. The van der Waals surface area contributed by atoms with Crippen LogP contribution in [0.3, 0.4) is 0 Å². The van der Waals surface area contributed by atoms with Gasteiger partial charge in [0.15, 0.2) is 35.8 Å². The molecule has 11 N–H and O–H groups in total. The van der Waals surface area contributed by atoms with Crippen molar-refractivity contribution in [3.05, 3.63) is 75.3 Å². The van der Waals surface area contributed by atoms with Crippen molar-refractivity contribution >= 4 is 33.3 Å². The normalized spacial score (nSPS) is 31.3. The van der Waals surface area contributed by atoms with Crippen molar-refractivity contribution in [3.8, 4) is 52.4 Å². The van der Waals surface area contributed by atoms with Gasteiger partial charge in [-0.2, -0.15) is 0 Å². The molecule has 0 saturated heterocycles. The van der Waals surface area contributed by atoms with Gasteiger partial charge in [0.1, 0.15) is 18.3 Å². The van der Waals surface area contributed by atoms with Gasteiger partial charge in [-0.25, -0.2) is 4.99 Å². The van der Waals surface area contributed by atoms with E-state index in [4.69, 9.17) is 29.7 Å². The number of fused-ring (bicyclic) bond motifs is 8. The molecule has 4 aliphatic heterocycles. The number of ether oxygens (including phenoxy) is 4. The molecule has 0 amide bonds. The molecule has 4 aliphatic carbocycles. The zero-order valence-corrected chi connectivity index (χ0v) is 51.1. The Morgan fingerprint density at radius 3 is 2.51 bits per heavy atom. The van der Waals surface area contributed by atoms with Crippen molar-refractivity contribution in [2.45, 2.75) is 178 Å². The quantitative estimate of drug-likeness (QED) is 0.0535. The number of ketones is 1. The molecule has 84 heavy (non-hydrogen) atoms. The smallest absolute Gasteiger partial charge is 0.201 e. The van der Waals surface area contributed by atoms with Crippen LogP contribution in [0.25, 0.3) is 0 Å². The number of methoxy groups -OCH3 is 1. The van der Waals surface area contributed by atoms with Gasteiger partial charge in [-0.1, -0.05) is 77.3 Å². The number of aryl methyl sites for hydroxylation is 2. The summed E-state index contributed by atoms with van der Waals surface area (Å²) in [5, 5.41) is 77.4. The van der Waals surface area contributed by atoms with Gasteiger partial charge in [0, 0.05) is 79.3 Å². The standard InChI is InChI=1S/C66H89N5O11S2/c1-40(2)57-35-84-83-34-55-54-30-53-42-11-16-48(75)28-47(74)15-10-41-13-19-58(77)60(81-39-73)51(41)8-5-7-43(27-42)59(61(53)82-62(54)78)80-38-69-66(22-6-9-56(55)70-63(67)71-57)37-65(24-21-46(66)14-18-50(33-72)79-4)26-25-64(36-65)23-20-45(32-68-3)52-29-49(76)17-12-44(52)31-64/h12-13,17,19,27,29,40,45-46,48,50,54-57,62,68-69,72-73,75-78H,7,10-11,14-16,18,20-26,28,30-39H2,1-4H3,(H3,67,70,71)/t45-,46+,48-,50-,54+,55+,56-,57-,62+,64+,65+,66-/m1/s1. The Kier molecular flexibility index (Phi) is 20.3. The first-order valence-electron chi connectivity index (χ1n) is 30.7. The van der Waals surface area contributed by atoms with Gasteiger partial charge in [-0.05, 0) is 172 Å². The summed E-state index contributed by atoms with van der Waals surface area (Å²) in [6, 6.07) is 10.7. The van der Waals surface area contributed by atoms with E-state index in [1.807, 2.05) is 19.2 Å². The number of nitrogens with two attached hydrogens (primary N) is 1. The van der Waals surface area contributed by atoms with E-state index in [9.17, 15) is 35.4 Å². The van der Waals surface area contributed by atoms with Crippen molar-refractivity contribution in [2.24, 2.45) is 45.2 Å². The fraction of sp³-hybridized carbons (Fsp3) is 0.636. The summed E-state index contributed by atoms with van der Waals surface area (Å²) < 4.78 is 25.5. The van der Waals surface area contributed by atoms with E-state index < -0.39 is 36.7 Å². The van der Waals surface area contributed by atoms with Gasteiger partial charge in [-0.15, -0.1) is 0 Å². The molecular weight excluding hydrogens is 1100 g/mol. The fourth-order valence-electron chi connectivity index (χ4n) is 15.5. The Morgan fingerprint density at radius 1 is 0.905 bits per heavy atom. The molecule has 456 valence electrons. The summed E-state index contributed by atoms with van der Waals surface area (Å²) in [7, 11) is 7.18. The summed E-state index contributed by atoms with van der Waals surface area (Å²) in [6.07, 6.45) is 10.2. The van der Waals surface area contributed by atoms with Crippen LogP contribution >= 0.6 is 21.6 Å². The lowest BCUT2D eigenvalue weighted by Gasteiger charge is -2.52. The fourth-order valence-corrected chi connectivity index (χ4v) is 18.3. The monoisotopic (exact) mass is 1190 g/mol. The van der Waals surface area contributed by atoms with Crippen molar-refractivity contribution in [2.75, 3.05) is 52.3 Å². The van der Waals surface area contributed by atoms with Gasteiger partial charge >= 0.3 is 0 Å². The summed E-state index contributed by atoms with van der Waals surface area (Å²) in [5.41, 5.74) is 12.4. The average molecular weight is 1190 g/mol. The average Bonchev–Trinajstić information content (AvgIpc) is 3.09. The van der Waals surface area contributed by atoms with Gasteiger partial charge < -0.3 is 66.0 Å². The maximum atomic E-state index is 13.5. The molecule has 12 atom stereocenters. The first-order chi connectivity index (χ1) is 40.6. The zero-order valence-electron chi connectivity index (χ0n) is 49.5. The molecule has 8 aliphatic rings. The number of guanidine groups is 1. The van der Waals surface area contributed by atoms with Crippen LogP contribution in [0.5, 0.6) is 28.7 Å². The highest BCUT2D eigenvalue weighted by Crippen LogP contribution is 2.64. The van der Waals surface area contributed by atoms with Crippen LogP contribution in [0.4, 0.5) is 0 Å². The highest BCUT2D eigenvalue weighted by atomic mass is 33.1. The van der Waals surface area contributed by atoms with E-state index in [1.165, 1.54) is 17.2 Å². The first-order valence-corrected chi connectivity index (χ1v) is 33.2. The minimum absolute atomic E-state index is 0.0158. The predicted molar refractivity (Wildman–Crippen MR) is 329 cm³/mol. The number of aliphatic imine (C=N–C) groups is 1. The number of likely N-dealkylation sites (N-methyl/N-ethyl adjacent to an activating group) is 1. The van der Waals surface area contributed by atoms with Crippen LogP contribution in [0.2, 0.25) is 0 Å². The largest absolute Gasteiger partial charge is 0.508 e. The second kappa shape index (κ2) is 27.5. The van der Waals surface area contributed by atoms with Crippen LogP contribution < -0.4 is 35.9 Å². The molecule has 3 aromatic rings. The highest BCUT2D eigenvalue weighted by molar-refractivity contribution is 8.76. The number of Topliss-reactive ketones (excluding diaryl/α,β-unsaturated/α-hetero) is 1. The Bertz CT molecular complexity index is 2990. The topological polar surface area (TPSA) is 250 Å². The van der Waals surface area contributed by atoms with Crippen LogP contribution in [-0.4, -0.2) is 131 Å². The van der Waals surface area contributed by atoms with Crippen molar-refractivity contribution in [1.82, 2.24) is 16.0 Å². The maximum Gasteiger partial charge on any atom is 0.201 e. The number of aliphatic hydroxyl groups is 4. The SMILES string of the molecule is CNC[C@H]1CC[C@]2(CC[C@@]3(CC[C@H](CC[C@H](CO)OC)[C@@]4(CC#C[C@H]5NC(N)=N[C@@H](C(C)C)CSSC[C@H]5[C@@H]5Cc6c7cc(c(c6O[C@@H]5O)OCN4)CC#Cc4c(ccc(O)c4OCO)CCC(=O)C[C@H](O)CC7)C3)C2)Cc2ccc(O)cc21. The molecule has 3 spiro atoms. The second-order valence-electron chi connectivity index (χ2n) is 25.7. The number of phenols is 2. The number of benzene rings is 3. The lowest BCUT2D eigenvalue weighted by atomic mass is 9.57. The Balaban J connectivity index is 1.11. The van der Waals surface area contributed by atoms with Gasteiger partial charge in [0.25, 0.3) is 0 Å². The molecule has 6 bridgehead atoms. The van der Waals surface area contributed by atoms with Crippen molar-refractivity contribution < 1.29 is 54.4 Å². The first kappa shape index (κ1) is 62.2. The molecule has 4 heterocycles. The third-order valence-electron chi connectivity index (χ3n) is 20.0. The van der Waals surface area contributed by atoms with Crippen LogP contribution in [0, 0.1) is 58.2 Å². The Hall–Kier alpha value is -4.86. The van der Waals surface area contributed by atoms with E-state index >= 15 is 0 Å². The number of nitrogens with zero attached hydrogens (tertiary/aromatic N) is 1. The van der Waals surface area contributed by atoms with Crippen LogP contribution in [0.1, 0.15) is 149 Å². The third-order valence-corrected chi connectivity index (χ3v) is 22.5. The molecule has 2 saturated carbocycles. The molecule has 0 aromatic heterocycles. The number of aromatic hydroxyl groups is 2. The number of carbonyl (C=O) groups is 1. The van der Waals surface area contributed by atoms with Crippen LogP contribution in [0.15, 0.2) is 41.4 Å². The van der Waals surface area contributed by atoms with E-state index in [0.29, 0.717) is 83.7 Å². The number of aliphatic hydroxyl groups excluding tert-OH is 4. The van der Waals surface area contributed by atoms with Crippen LogP contribution in [-0.2, 0) is 41.6 Å². The maximum absolute atomic E-state index is 13.5. The van der Waals surface area contributed by atoms with E-state index in [-0.39, 0.29) is 97.0 Å². The molecule has 3 aromatic carbocycles. The molecule has 0 unspecified atom stereocenters. The van der Waals surface area contributed by atoms with E-state index in [0.717, 1.165) is 87.6 Å². The van der Waals surface area contributed by atoms with Gasteiger partial charge in [0.05, 0.1) is 36.5 Å². The van der Waals surface area contributed by atoms with Crippen molar-refractivity contribution in [3.63, 3.8) is 0 Å². The zero-order chi connectivity index (χ0) is 59.2. The van der Waals surface area contributed by atoms with Gasteiger partial charge in [0.2, 0.25) is 6.29 Å². The Morgan fingerprint density at radius 2 is 1.71 bits per heavy atom. The van der Waals surface area contributed by atoms with E-state index in [1.54, 1.807) is 34.8 Å². The third kappa shape index (κ3) is 13.9. The summed E-state index contributed by atoms with van der Waals surface area (Å²) in [6.45, 7) is 4.44. The van der Waals surface area contributed by atoms with Gasteiger partial charge in [-0.3, -0.25) is 10.1 Å². The molecule has 2 fully saturated rings. The molecule has 16 nitrogen and oxygen atoms in total. The minimum Gasteiger partial charge on any atom is -0.508 e. The summed E-state index contributed by atoms with van der Waals surface area (Å²) in [5.74, 6) is 16.6. The predicted octanol–water partition coefficient (Wildman–Crippen LogP) is 7.55. The number of nitrogens with one attached hydrogen (secondary N) is 3. The lowest BCUT2D eigenvalue weighted by molar-refractivity contribution is -0.121. The second-order valence-corrected chi connectivity index (χ2v) is 28.3. The van der Waals surface area contributed by atoms with Crippen molar-refractivity contribution in [1.29, 1.82) is 0 Å². The Labute approximate surface area is 504 Å². The number of rotatable bonds is 10. The lowest BCUT2D eigenvalue weighted by Crippen LogP contribution is -2.58. The summed E-state index contributed by atoms with van der Waals surface area (Å²) >= 11 is 0. The molecule has 0 radical (unpaired) electrons. The number of phenolic OH excluding ortho intramolecular Hbond substituents is 2. The summed E-state index contributed by atoms with van der Waals surface area (Å²) in [4.78, 5) is 18.5. The highest BCUT2D eigenvalue weighted by Gasteiger charge is 2.56. The van der Waals surface area contributed by atoms with E-state index in [2.05, 4.69) is 65.6 Å². The number of carbonyl (C=O) groups excluding carboxylic acids is 1.